The third kappa shape index (κ3) is 3.61. The molecule has 0 unspecified atom stereocenters. The summed E-state index contributed by atoms with van der Waals surface area (Å²) in [5, 5.41) is 3.22. The Morgan fingerprint density at radius 3 is 2.84 bits per heavy atom. The Morgan fingerprint density at radius 1 is 1.32 bits per heavy atom. The first kappa shape index (κ1) is 14.1. The van der Waals surface area contributed by atoms with E-state index in [-0.39, 0.29) is 5.76 Å². The maximum Gasteiger partial charge on any atom is 0.373 e. The van der Waals surface area contributed by atoms with Crippen LogP contribution >= 0.6 is 31.9 Å². The fourth-order valence-electron chi connectivity index (χ4n) is 1.50. The van der Waals surface area contributed by atoms with E-state index in [1.807, 2.05) is 18.2 Å². The molecular weight excluding hydrogens is 378 g/mol. The fourth-order valence-corrected chi connectivity index (χ4v) is 2.25. The van der Waals surface area contributed by atoms with Crippen LogP contribution in [0.1, 0.15) is 16.3 Å². The Kier molecular flexibility index (Phi) is 4.66. The minimum absolute atomic E-state index is 0.201. The first-order valence-electron chi connectivity index (χ1n) is 5.46. The molecule has 0 radical (unpaired) electrons. The van der Waals surface area contributed by atoms with Crippen LogP contribution in [0, 0.1) is 0 Å². The van der Waals surface area contributed by atoms with Gasteiger partial charge in [0.2, 0.25) is 5.76 Å². The van der Waals surface area contributed by atoms with Gasteiger partial charge in [-0.3, -0.25) is 0 Å². The summed E-state index contributed by atoms with van der Waals surface area (Å²) in [5.74, 6) is 0.384. The molecule has 0 aliphatic rings. The molecule has 1 heterocycles. The van der Waals surface area contributed by atoms with Crippen molar-refractivity contribution in [3.05, 3.63) is 50.8 Å². The van der Waals surface area contributed by atoms with Gasteiger partial charge in [-0.2, -0.15) is 0 Å². The van der Waals surface area contributed by atoms with E-state index in [4.69, 9.17) is 4.42 Å². The minimum atomic E-state index is -0.477. The maximum absolute atomic E-state index is 11.2. The second kappa shape index (κ2) is 6.25. The van der Waals surface area contributed by atoms with Gasteiger partial charge in [-0.1, -0.05) is 15.9 Å². The molecule has 0 amide bonds. The van der Waals surface area contributed by atoms with Crippen LogP contribution in [0.15, 0.2) is 43.7 Å². The van der Waals surface area contributed by atoms with Gasteiger partial charge in [0.25, 0.3) is 0 Å². The van der Waals surface area contributed by atoms with E-state index in [0.717, 1.165) is 14.6 Å². The number of carbonyl (C=O) groups excluding carboxylic acids is 1. The summed E-state index contributed by atoms with van der Waals surface area (Å²) in [5.41, 5.74) is 0.936. The third-order valence-corrected chi connectivity index (χ3v) is 3.61. The highest BCUT2D eigenvalue weighted by molar-refractivity contribution is 9.11. The molecule has 2 aromatic rings. The number of rotatable bonds is 4. The monoisotopic (exact) mass is 387 g/mol. The Hall–Kier alpha value is -1.27. The van der Waals surface area contributed by atoms with Crippen molar-refractivity contribution in [1.82, 2.24) is 0 Å². The molecule has 4 nitrogen and oxygen atoms in total. The number of esters is 1. The normalized spacial score (nSPS) is 10.3. The van der Waals surface area contributed by atoms with Gasteiger partial charge in [-0.25, -0.2) is 4.79 Å². The average Bonchev–Trinajstić information content (AvgIpc) is 2.88. The molecule has 1 aromatic carbocycles. The van der Waals surface area contributed by atoms with Crippen molar-refractivity contribution in [1.29, 1.82) is 0 Å². The molecule has 0 fully saturated rings. The van der Waals surface area contributed by atoms with E-state index in [9.17, 15) is 4.79 Å². The number of hydrogen-bond donors (Lipinski definition) is 1. The number of carbonyl (C=O) groups is 1. The highest BCUT2D eigenvalue weighted by Gasteiger charge is 2.11. The summed E-state index contributed by atoms with van der Waals surface area (Å²) in [6, 6.07) is 9.17. The molecular formula is C13H11Br2NO3. The lowest BCUT2D eigenvalue weighted by Crippen LogP contribution is -2.00. The molecule has 0 spiro atoms. The molecule has 2 rings (SSSR count). The van der Waals surface area contributed by atoms with Crippen molar-refractivity contribution in [3.8, 4) is 0 Å². The number of anilines is 1. The first-order valence-corrected chi connectivity index (χ1v) is 7.04. The lowest BCUT2D eigenvalue weighted by molar-refractivity contribution is 0.0563. The van der Waals surface area contributed by atoms with Crippen molar-refractivity contribution < 1.29 is 13.9 Å². The Labute approximate surface area is 127 Å². The van der Waals surface area contributed by atoms with E-state index in [1.54, 1.807) is 12.1 Å². The van der Waals surface area contributed by atoms with Crippen LogP contribution in [0.25, 0.3) is 0 Å². The van der Waals surface area contributed by atoms with Gasteiger partial charge in [0.1, 0.15) is 5.76 Å². The zero-order chi connectivity index (χ0) is 13.8. The van der Waals surface area contributed by atoms with Crippen LogP contribution < -0.4 is 5.32 Å². The smallest absolute Gasteiger partial charge is 0.373 e. The molecule has 1 N–H and O–H groups in total. The molecule has 100 valence electrons. The molecule has 0 aliphatic heterocycles. The zero-order valence-electron chi connectivity index (χ0n) is 10.1. The van der Waals surface area contributed by atoms with Crippen molar-refractivity contribution in [2.24, 2.45) is 0 Å². The molecule has 0 bridgehead atoms. The van der Waals surface area contributed by atoms with Crippen molar-refractivity contribution in [2.45, 2.75) is 6.54 Å². The number of benzene rings is 1. The van der Waals surface area contributed by atoms with Crippen LogP contribution in [-0.2, 0) is 11.3 Å². The van der Waals surface area contributed by atoms with Crippen molar-refractivity contribution in [2.75, 3.05) is 12.4 Å². The summed E-state index contributed by atoms with van der Waals surface area (Å²) >= 11 is 6.87. The number of hydrogen-bond acceptors (Lipinski definition) is 4. The van der Waals surface area contributed by atoms with Gasteiger partial charge < -0.3 is 14.5 Å². The van der Waals surface area contributed by atoms with Crippen LogP contribution in [0.4, 0.5) is 5.69 Å². The largest absolute Gasteiger partial charge is 0.463 e. The molecule has 0 aliphatic carbocycles. The van der Waals surface area contributed by atoms with Crippen molar-refractivity contribution in [3.63, 3.8) is 0 Å². The number of furan rings is 1. The fraction of sp³-hybridized carbons (Fsp3) is 0.154. The van der Waals surface area contributed by atoms with Gasteiger partial charge in [-0.05, 0) is 46.3 Å². The standard InChI is InChI=1S/C13H11Br2NO3/c1-18-13(17)12-5-3-9(19-12)7-16-11-6-8(14)2-4-10(11)15/h2-6,16H,7H2,1H3. The third-order valence-electron chi connectivity index (χ3n) is 2.43. The van der Waals surface area contributed by atoms with E-state index >= 15 is 0 Å². The number of nitrogens with one attached hydrogen (secondary N) is 1. The molecule has 6 heteroatoms. The van der Waals surface area contributed by atoms with Crippen LogP contribution in [-0.4, -0.2) is 13.1 Å². The lowest BCUT2D eigenvalue weighted by atomic mass is 10.3. The predicted molar refractivity (Wildman–Crippen MR) is 79.2 cm³/mol. The van der Waals surface area contributed by atoms with Gasteiger partial charge >= 0.3 is 5.97 Å². The van der Waals surface area contributed by atoms with E-state index < -0.39 is 5.97 Å². The Morgan fingerprint density at radius 2 is 2.11 bits per heavy atom. The van der Waals surface area contributed by atoms with E-state index in [0.29, 0.717) is 12.3 Å². The Balaban J connectivity index is 2.04. The highest BCUT2D eigenvalue weighted by atomic mass is 79.9. The quantitative estimate of drug-likeness (QED) is 0.797. The number of halogens is 2. The second-order valence-electron chi connectivity index (χ2n) is 3.74. The minimum Gasteiger partial charge on any atom is -0.463 e. The molecule has 1 aromatic heterocycles. The zero-order valence-corrected chi connectivity index (χ0v) is 13.2. The van der Waals surface area contributed by atoms with E-state index in [2.05, 4.69) is 41.9 Å². The highest BCUT2D eigenvalue weighted by Crippen LogP contribution is 2.26. The van der Waals surface area contributed by atoms with Gasteiger partial charge in [0.15, 0.2) is 0 Å². The van der Waals surface area contributed by atoms with E-state index in [1.165, 1.54) is 7.11 Å². The maximum atomic E-state index is 11.2. The molecule has 0 saturated heterocycles. The molecule has 0 atom stereocenters. The average molecular weight is 389 g/mol. The number of methoxy groups -OCH3 is 1. The molecule has 0 saturated carbocycles. The first-order chi connectivity index (χ1) is 9.10. The van der Waals surface area contributed by atoms with Crippen LogP contribution in [0.5, 0.6) is 0 Å². The lowest BCUT2D eigenvalue weighted by Gasteiger charge is -2.07. The van der Waals surface area contributed by atoms with Crippen LogP contribution in [0.3, 0.4) is 0 Å². The molecule has 19 heavy (non-hydrogen) atoms. The Bertz CT molecular complexity index is 595. The summed E-state index contributed by atoms with van der Waals surface area (Å²) in [4.78, 5) is 11.2. The summed E-state index contributed by atoms with van der Waals surface area (Å²) in [7, 11) is 1.32. The van der Waals surface area contributed by atoms with Gasteiger partial charge in [-0.15, -0.1) is 0 Å². The SMILES string of the molecule is COC(=O)c1ccc(CNc2cc(Br)ccc2Br)o1. The summed E-state index contributed by atoms with van der Waals surface area (Å²) < 4.78 is 11.9. The van der Waals surface area contributed by atoms with Crippen molar-refractivity contribution >= 4 is 43.5 Å². The van der Waals surface area contributed by atoms with Gasteiger partial charge in [0, 0.05) is 14.6 Å². The summed E-state index contributed by atoms with van der Waals surface area (Å²) in [6.07, 6.45) is 0. The topological polar surface area (TPSA) is 51.5 Å². The predicted octanol–water partition coefficient (Wildman–Crippen LogP) is 4.20. The van der Waals surface area contributed by atoms with Gasteiger partial charge in [0.05, 0.1) is 13.7 Å². The van der Waals surface area contributed by atoms with Crippen LogP contribution in [0.2, 0.25) is 0 Å². The second-order valence-corrected chi connectivity index (χ2v) is 5.51. The number of ether oxygens (including phenoxy) is 1. The summed E-state index contributed by atoms with van der Waals surface area (Å²) in [6.45, 7) is 0.478.